The Hall–Kier alpha value is -2.88. The van der Waals surface area contributed by atoms with Crippen LogP contribution in [0.4, 0.5) is 24.9 Å². The van der Waals surface area contributed by atoms with E-state index in [4.69, 9.17) is 0 Å². The van der Waals surface area contributed by atoms with Crippen LogP contribution in [0.2, 0.25) is 0 Å². The molecule has 1 aliphatic rings. The maximum absolute atomic E-state index is 12.9. The van der Waals surface area contributed by atoms with Crippen molar-refractivity contribution >= 4 is 22.9 Å². The van der Waals surface area contributed by atoms with Crippen LogP contribution in [0.1, 0.15) is 36.8 Å². The van der Waals surface area contributed by atoms with Gasteiger partial charge in [-0.05, 0) is 43.4 Å². The Kier molecular flexibility index (Phi) is 5.27. The molecule has 154 valence electrons. The lowest BCUT2D eigenvalue weighted by Gasteiger charge is -2.25. The second kappa shape index (κ2) is 7.86. The molecule has 4 N–H and O–H groups in total. The average Bonchev–Trinajstić information content (AvgIpc) is 3.11. The lowest BCUT2D eigenvalue weighted by Crippen LogP contribution is -2.28. The van der Waals surface area contributed by atoms with Gasteiger partial charge in [0.2, 0.25) is 5.95 Å². The van der Waals surface area contributed by atoms with Crippen LogP contribution >= 0.6 is 0 Å². The van der Waals surface area contributed by atoms with E-state index < -0.39 is 11.7 Å². The van der Waals surface area contributed by atoms with E-state index in [0.29, 0.717) is 28.5 Å². The van der Waals surface area contributed by atoms with Crippen molar-refractivity contribution in [2.75, 3.05) is 10.6 Å². The van der Waals surface area contributed by atoms with Gasteiger partial charge in [0.05, 0.1) is 11.7 Å². The van der Waals surface area contributed by atoms with Crippen LogP contribution in [0.5, 0.6) is 0 Å². The van der Waals surface area contributed by atoms with E-state index in [0.717, 1.165) is 37.8 Å². The van der Waals surface area contributed by atoms with Gasteiger partial charge in [-0.1, -0.05) is 12.1 Å². The minimum atomic E-state index is -4.38. The first kappa shape index (κ1) is 19.4. The summed E-state index contributed by atoms with van der Waals surface area (Å²) in [4.78, 5) is 15.9. The number of hydrogen-bond acceptors (Lipinski definition) is 6. The Morgan fingerprint density at radius 1 is 1.14 bits per heavy atom. The van der Waals surface area contributed by atoms with Gasteiger partial charge >= 0.3 is 6.18 Å². The van der Waals surface area contributed by atoms with E-state index in [1.807, 2.05) is 0 Å². The number of aliphatic hydroxyl groups excluding tert-OH is 1. The maximum atomic E-state index is 12.9. The minimum Gasteiger partial charge on any atom is -0.393 e. The molecule has 1 aliphatic carbocycles. The standard InChI is InChI=1S/C19H21F3N6O/c20-19(21,22)12-3-1-2-11(8-12)9-23-16-15-17(25-10-24-16)28-18(27-15)26-13-4-6-14(29)7-5-13/h1-3,8,10,13-14,29H,4-7,9H2,(H3,23,24,25,26,27,28). The molecule has 0 atom stereocenters. The number of H-pyrrole nitrogens is 1. The van der Waals surface area contributed by atoms with Crippen molar-refractivity contribution in [2.24, 2.45) is 0 Å². The minimum absolute atomic E-state index is 0.179. The number of fused-ring (bicyclic) bond motifs is 1. The van der Waals surface area contributed by atoms with Gasteiger partial charge in [0.15, 0.2) is 11.5 Å². The number of benzene rings is 1. The Labute approximate surface area is 164 Å². The van der Waals surface area contributed by atoms with Crippen LogP contribution in [0, 0.1) is 0 Å². The largest absolute Gasteiger partial charge is 0.416 e. The third-order valence-corrected chi connectivity index (χ3v) is 5.04. The summed E-state index contributed by atoms with van der Waals surface area (Å²) in [7, 11) is 0. The van der Waals surface area contributed by atoms with E-state index in [-0.39, 0.29) is 18.7 Å². The summed E-state index contributed by atoms with van der Waals surface area (Å²) in [5, 5.41) is 16.0. The molecule has 0 aliphatic heterocycles. The van der Waals surface area contributed by atoms with Crippen LogP contribution in [-0.4, -0.2) is 37.2 Å². The zero-order chi connectivity index (χ0) is 20.4. The molecule has 3 aromatic rings. The second-order valence-corrected chi connectivity index (χ2v) is 7.21. The van der Waals surface area contributed by atoms with Crippen molar-refractivity contribution in [3.8, 4) is 0 Å². The third kappa shape index (κ3) is 4.58. The zero-order valence-electron chi connectivity index (χ0n) is 15.5. The molecule has 4 rings (SSSR count). The lowest BCUT2D eigenvalue weighted by molar-refractivity contribution is -0.137. The summed E-state index contributed by atoms with van der Waals surface area (Å²) in [6.07, 6.45) is -0.0467. The molecule has 29 heavy (non-hydrogen) atoms. The summed E-state index contributed by atoms with van der Waals surface area (Å²) < 4.78 is 38.6. The second-order valence-electron chi connectivity index (χ2n) is 7.21. The Balaban J connectivity index is 1.47. The monoisotopic (exact) mass is 406 g/mol. The molecular weight excluding hydrogens is 385 g/mol. The summed E-state index contributed by atoms with van der Waals surface area (Å²) in [5.74, 6) is 1.02. The van der Waals surface area contributed by atoms with Gasteiger partial charge in [0.25, 0.3) is 0 Å². The molecule has 0 unspecified atom stereocenters. The first-order chi connectivity index (χ1) is 13.9. The molecule has 1 saturated carbocycles. The third-order valence-electron chi connectivity index (χ3n) is 5.04. The highest BCUT2D eigenvalue weighted by atomic mass is 19.4. The number of rotatable bonds is 5. The number of anilines is 2. The van der Waals surface area contributed by atoms with Gasteiger partial charge in [-0.3, -0.25) is 0 Å². The first-order valence-corrected chi connectivity index (χ1v) is 9.44. The molecule has 0 spiro atoms. The highest BCUT2D eigenvalue weighted by Gasteiger charge is 2.30. The number of aromatic nitrogens is 4. The fraction of sp³-hybridized carbons (Fsp3) is 0.421. The molecule has 0 amide bonds. The number of imidazole rings is 1. The summed E-state index contributed by atoms with van der Waals surface area (Å²) in [6, 6.07) is 5.38. The van der Waals surface area contributed by atoms with Crippen molar-refractivity contribution < 1.29 is 18.3 Å². The molecule has 0 saturated heterocycles. The number of halogens is 3. The van der Waals surface area contributed by atoms with Crippen LogP contribution in [0.25, 0.3) is 11.2 Å². The smallest absolute Gasteiger partial charge is 0.393 e. The highest BCUT2D eigenvalue weighted by molar-refractivity contribution is 5.84. The summed E-state index contributed by atoms with van der Waals surface area (Å²) >= 11 is 0. The van der Waals surface area contributed by atoms with Crippen molar-refractivity contribution in [3.05, 3.63) is 41.7 Å². The van der Waals surface area contributed by atoms with Crippen molar-refractivity contribution in [1.82, 2.24) is 19.9 Å². The number of aromatic amines is 1. The predicted octanol–water partition coefficient (Wildman–Crippen LogP) is 3.70. The van der Waals surface area contributed by atoms with E-state index in [1.54, 1.807) is 6.07 Å². The lowest BCUT2D eigenvalue weighted by atomic mass is 9.93. The van der Waals surface area contributed by atoms with Gasteiger partial charge < -0.3 is 20.7 Å². The number of nitrogens with zero attached hydrogens (tertiary/aromatic N) is 3. The number of alkyl halides is 3. The molecule has 1 fully saturated rings. The normalized spacial score (nSPS) is 20.0. The molecule has 2 aromatic heterocycles. The number of hydrogen-bond donors (Lipinski definition) is 4. The molecular formula is C19H21F3N6O. The van der Waals surface area contributed by atoms with Gasteiger partial charge in [-0.15, -0.1) is 0 Å². The fourth-order valence-electron chi connectivity index (χ4n) is 3.49. The first-order valence-electron chi connectivity index (χ1n) is 9.44. The number of aliphatic hydroxyl groups is 1. The highest BCUT2D eigenvalue weighted by Crippen LogP contribution is 2.30. The van der Waals surface area contributed by atoms with Gasteiger partial charge in [0, 0.05) is 12.6 Å². The van der Waals surface area contributed by atoms with Crippen LogP contribution in [0.15, 0.2) is 30.6 Å². The molecule has 2 heterocycles. The molecule has 10 heteroatoms. The van der Waals surface area contributed by atoms with Gasteiger partial charge in [-0.2, -0.15) is 18.2 Å². The Bertz CT molecular complexity index is 981. The topological polar surface area (TPSA) is 98.8 Å². The van der Waals surface area contributed by atoms with Crippen LogP contribution < -0.4 is 10.6 Å². The Morgan fingerprint density at radius 3 is 2.69 bits per heavy atom. The number of nitrogens with one attached hydrogen (secondary N) is 3. The molecule has 1 aromatic carbocycles. The van der Waals surface area contributed by atoms with Crippen LogP contribution in [0.3, 0.4) is 0 Å². The molecule has 7 nitrogen and oxygen atoms in total. The van der Waals surface area contributed by atoms with E-state index in [2.05, 4.69) is 30.6 Å². The molecule has 0 radical (unpaired) electrons. The SMILES string of the molecule is OC1CCC(Nc2nc3ncnc(NCc4cccc(C(F)(F)F)c4)c3[nH]2)CC1. The summed E-state index contributed by atoms with van der Waals surface area (Å²) in [6.45, 7) is 0.179. The van der Waals surface area contributed by atoms with Gasteiger partial charge in [-0.25, -0.2) is 9.97 Å². The van der Waals surface area contributed by atoms with E-state index in [1.165, 1.54) is 12.4 Å². The van der Waals surface area contributed by atoms with Crippen molar-refractivity contribution in [3.63, 3.8) is 0 Å². The van der Waals surface area contributed by atoms with E-state index in [9.17, 15) is 18.3 Å². The van der Waals surface area contributed by atoms with E-state index >= 15 is 0 Å². The van der Waals surface area contributed by atoms with Gasteiger partial charge in [0.1, 0.15) is 11.8 Å². The zero-order valence-corrected chi connectivity index (χ0v) is 15.5. The quantitative estimate of drug-likeness (QED) is 0.516. The fourth-order valence-corrected chi connectivity index (χ4v) is 3.49. The summed E-state index contributed by atoms with van der Waals surface area (Å²) in [5.41, 5.74) is 0.850. The Morgan fingerprint density at radius 2 is 1.93 bits per heavy atom. The van der Waals surface area contributed by atoms with Crippen molar-refractivity contribution in [2.45, 2.75) is 50.6 Å². The van der Waals surface area contributed by atoms with Crippen LogP contribution in [-0.2, 0) is 12.7 Å². The maximum Gasteiger partial charge on any atom is 0.416 e. The van der Waals surface area contributed by atoms with Crippen molar-refractivity contribution in [1.29, 1.82) is 0 Å². The average molecular weight is 406 g/mol. The molecule has 0 bridgehead atoms. The predicted molar refractivity (Wildman–Crippen MR) is 102 cm³/mol.